The quantitative estimate of drug-likeness (QED) is 0.826. The zero-order chi connectivity index (χ0) is 19.5. The summed E-state index contributed by atoms with van der Waals surface area (Å²) in [5, 5.41) is 16.3. The van der Waals surface area contributed by atoms with Gasteiger partial charge in [-0.1, -0.05) is 26.8 Å². The van der Waals surface area contributed by atoms with E-state index in [4.69, 9.17) is 9.84 Å². The highest BCUT2D eigenvalue weighted by atomic mass is 16.5. The Morgan fingerprint density at radius 2 is 1.96 bits per heavy atom. The molecule has 26 heavy (non-hydrogen) atoms. The smallest absolute Gasteiger partial charge is 0.335 e. The van der Waals surface area contributed by atoms with Crippen molar-refractivity contribution in [2.75, 3.05) is 13.7 Å². The molecule has 2 rings (SSSR count). The fraction of sp³-hybridized carbons (Fsp3) is 0.421. The lowest BCUT2D eigenvalue weighted by molar-refractivity contribution is 0.0696. The minimum atomic E-state index is -1.01. The summed E-state index contributed by atoms with van der Waals surface area (Å²) in [7, 11) is 3.24. The predicted octanol–water partition coefficient (Wildman–Crippen LogP) is 2.40. The van der Waals surface area contributed by atoms with Gasteiger partial charge in [0.1, 0.15) is 11.4 Å². The van der Waals surface area contributed by atoms with Crippen LogP contribution in [0.3, 0.4) is 0 Å². The van der Waals surface area contributed by atoms with E-state index in [0.717, 1.165) is 11.3 Å². The van der Waals surface area contributed by atoms with Gasteiger partial charge in [0.2, 0.25) is 0 Å². The second-order valence-corrected chi connectivity index (χ2v) is 7.13. The highest BCUT2D eigenvalue weighted by Crippen LogP contribution is 2.22. The summed E-state index contributed by atoms with van der Waals surface area (Å²) in [5.74, 6) is -0.708. The van der Waals surface area contributed by atoms with Crippen LogP contribution in [-0.2, 0) is 18.9 Å². The van der Waals surface area contributed by atoms with Gasteiger partial charge in [0.15, 0.2) is 0 Å². The van der Waals surface area contributed by atoms with Crippen LogP contribution >= 0.6 is 0 Å². The topological polar surface area (TPSA) is 93.4 Å². The van der Waals surface area contributed by atoms with Crippen LogP contribution in [-0.4, -0.2) is 40.4 Å². The van der Waals surface area contributed by atoms with E-state index in [0.29, 0.717) is 24.4 Å². The molecule has 7 heteroatoms. The van der Waals surface area contributed by atoms with Crippen molar-refractivity contribution >= 4 is 11.9 Å². The Morgan fingerprint density at radius 3 is 2.50 bits per heavy atom. The molecule has 0 spiro atoms. The summed E-state index contributed by atoms with van der Waals surface area (Å²) in [6, 6.07) is 6.52. The molecule has 2 aromatic rings. The van der Waals surface area contributed by atoms with E-state index in [9.17, 15) is 9.59 Å². The molecule has 2 N–H and O–H groups in total. The third-order valence-electron chi connectivity index (χ3n) is 4.09. The number of hydrogen-bond acceptors (Lipinski definition) is 4. The van der Waals surface area contributed by atoms with Gasteiger partial charge in [-0.15, -0.1) is 0 Å². The number of rotatable bonds is 6. The lowest BCUT2D eigenvalue weighted by Crippen LogP contribution is -2.27. The number of carbonyl (C=O) groups is 2. The van der Waals surface area contributed by atoms with Crippen molar-refractivity contribution in [2.45, 2.75) is 32.6 Å². The van der Waals surface area contributed by atoms with Crippen LogP contribution in [0.4, 0.5) is 0 Å². The molecule has 140 valence electrons. The Balaban J connectivity index is 2.03. The maximum Gasteiger partial charge on any atom is 0.335 e. The van der Waals surface area contributed by atoms with Crippen LogP contribution in [0.2, 0.25) is 0 Å². The van der Waals surface area contributed by atoms with E-state index in [1.807, 2.05) is 20.8 Å². The molecule has 1 heterocycles. The van der Waals surface area contributed by atoms with E-state index in [1.165, 1.54) is 19.2 Å². The normalized spacial score (nSPS) is 11.3. The Hall–Kier alpha value is -2.83. The molecule has 0 saturated heterocycles. The van der Waals surface area contributed by atoms with E-state index in [-0.39, 0.29) is 16.9 Å². The number of nitrogens with zero attached hydrogens (tertiary/aromatic N) is 2. The lowest BCUT2D eigenvalue weighted by Gasteiger charge is -2.13. The van der Waals surface area contributed by atoms with E-state index >= 15 is 0 Å². The summed E-state index contributed by atoms with van der Waals surface area (Å²) in [6.45, 7) is 6.54. The van der Waals surface area contributed by atoms with Crippen LogP contribution in [0, 0.1) is 0 Å². The van der Waals surface area contributed by atoms with Crippen LogP contribution in [0.25, 0.3) is 0 Å². The van der Waals surface area contributed by atoms with Crippen molar-refractivity contribution in [1.82, 2.24) is 15.1 Å². The standard InChI is InChI=1S/C19H25N3O4/c1-19(2,3)16-11-14(22(4)21-16)17(23)20-9-8-12-6-7-13(18(24)25)10-15(12)26-5/h6-7,10-11H,8-9H2,1-5H3,(H,20,23)(H,24,25). The fourth-order valence-corrected chi connectivity index (χ4v) is 2.53. The van der Waals surface area contributed by atoms with Gasteiger partial charge in [0, 0.05) is 19.0 Å². The number of carbonyl (C=O) groups excluding carboxylic acids is 1. The van der Waals surface area contributed by atoms with Crippen molar-refractivity contribution in [3.63, 3.8) is 0 Å². The van der Waals surface area contributed by atoms with Crippen LogP contribution in [0.1, 0.15) is 52.9 Å². The minimum absolute atomic E-state index is 0.129. The molecule has 0 unspecified atom stereocenters. The van der Waals surface area contributed by atoms with E-state index in [2.05, 4.69) is 10.4 Å². The zero-order valence-electron chi connectivity index (χ0n) is 15.8. The number of amides is 1. The van der Waals surface area contributed by atoms with Gasteiger partial charge >= 0.3 is 5.97 Å². The second kappa shape index (κ2) is 7.59. The van der Waals surface area contributed by atoms with Gasteiger partial charge in [0.05, 0.1) is 18.4 Å². The molecular formula is C19H25N3O4. The van der Waals surface area contributed by atoms with Crippen molar-refractivity contribution in [1.29, 1.82) is 0 Å². The molecule has 0 aliphatic heterocycles. The molecule has 0 fully saturated rings. The third-order valence-corrected chi connectivity index (χ3v) is 4.09. The van der Waals surface area contributed by atoms with Gasteiger partial charge < -0.3 is 15.2 Å². The van der Waals surface area contributed by atoms with Gasteiger partial charge in [-0.05, 0) is 30.2 Å². The first-order valence-electron chi connectivity index (χ1n) is 8.36. The number of aryl methyl sites for hydroxylation is 1. The van der Waals surface area contributed by atoms with Crippen molar-refractivity contribution in [3.05, 3.63) is 46.8 Å². The fourth-order valence-electron chi connectivity index (χ4n) is 2.53. The van der Waals surface area contributed by atoms with E-state index in [1.54, 1.807) is 23.9 Å². The summed E-state index contributed by atoms with van der Waals surface area (Å²) in [5.41, 5.74) is 2.23. The van der Waals surface area contributed by atoms with Gasteiger partial charge in [-0.3, -0.25) is 9.48 Å². The summed E-state index contributed by atoms with van der Waals surface area (Å²) in [6.07, 6.45) is 0.527. The maximum absolute atomic E-state index is 12.4. The summed E-state index contributed by atoms with van der Waals surface area (Å²) < 4.78 is 6.83. The molecule has 0 aliphatic carbocycles. The molecule has 1 amide bonds. The molecule has 0 radical (unpaired) electrons. The van der Waals surface area contributed by atoms with Crippen LogP contribution in [0.5, 0.6) is 5.75 Å². The second-order valence-electron chi connectivity index (χ2n) is 7.13. The van der Waals surface area contributed by atoms with Gasteiger partial charge in [-0.2, -0.15) is 5.10 Å². The number of ether oxygens (including phenoxy) is 1. The molecule has 0 atom stereocenters. The molecule has 0 aliphatic rings. The average Bonchev–Trinajstić information content (AvgIpc) is 2.97. The highest BCUT2D eigenvalue weighted by molar-refractivity contribution is 5.92. The van der Waals surface area contributed by atoms with E-state index < -0.39 is 5.97 Å². The summed E-state index contributed by atoms with van der Waals surface area (Å²) >= 11 is 0. The van der Waals surface area contributed by atoms with Crippen molar-refractivity contribution in [3.8, 4) is 5.75 Å². The Kier molecular flexibility index (Phi) is 5.69. The third kappa shape index (κ3) is 4.41. The van der Waals surface area contributed by atoms with Gasteiger partial charge in [0.25, 0.3) is 5.91 Å². The van der Waals surface area contributed by atoms with Crippen LogP contribution < -0.4 is 10.1 Å². The predicted molar refractivity (Wildman–Crippen MR) is 97.9 cm³/mol. The van der Waals surface area contributed by atoms with Crippen molar-refractivity contribution < 1.29 is 19.4 Å². The minimum Gasteiger partial charge on any atom is -0.496 e. The largest absolute Gasteiger partial charge is 0.496 e. The lowest BCUT2D eigenvalue weighted by atomic mass is 9.92. The molecule has 7 nitrogen and oxygen atoms in total. The Bertz CT molecular complexity index is 819. The number of benzene rings is 1. The first-order chi connectivity index (χ1) is 12.1. The number of nitrogens with one attached hydrogen (secondary N) is 1. The summed E-state index contributed by atoms with van der Waals surface area (Å²) in [4.78, 5) is 23.4. The number of carboxylic acid groups (broad SMARTS) is 1. The zero-order valence-corrected chi connectivity index (χ0v) is 15.8. The maximum atomic E-state index is 12.4. The van der Waals surface area contributed by atoms with Gasteiger partial charge in [-0.25, -0.2) is 4.79 Å². The molecular weight excluding hydrogens is 334 g/mol. The van der Waals surface area contributed by atoms with Crippen LogP contribution in [0.15, 0.2) is 24.3 Å². The monoisotopic (exact) mass is 359 g/mol. The Morgan fingerprint density at radius 1 is 1.27 bits per heavy atom. The number of aromatic nitrogens is 2. The molecule has 1 aromatic heterocycles. The SMILES string of the molecule is COc1cc(C(=O)O)ccc1CCNC(=O)c1cc(C(C)(C)C)nn1C. The molecule has 0 saturated carbocycles. The van der Waals surface area contributed by atoms with Crippen molar-refractivity contribution in [2.24, 2.45) is 7.05 Å². The first kappa shape index (κ1) is 19.5. The molecule has 0 bridgehead atoms. The average molecular weight is 359 g/mol. The highest BCUT2D eigenvalue weighted by Gasteiger charge is 2.21. The number of carboxylic acids is 1. The number of aromatic carboxylic acids is 1. The molecule has 1 aromatic carbocycles. The first-order valence-corrected chi connectivity index (χ1v) is 8.36. The number of hydrogen-bond donors (Lipinski definition) is 2. The Labute approximate surface area is 153 Å². The number of methoxy groups -OCH3 is 1.